The third-order valence-corrected chi connectivity index (χ3v) is 2.48. The standard InChI is InChI=1S/C15H12N2/c1-12-7-8-15(17-11-12)14(9-10-16)13-5-3-2-4-6-13/h2-9,11H,1H3/b14-9-. The van der Waals surface area contributed by atoms with Crippen LogP contribution in [0.3, 0.4) is 0 Å². The summed E-state index contributed by atoms with van der Waals surface area (Å²) in [7, 11) is 0. The first kappa shape index (κ1) is 11.1. The van der Waals surface area contributed by atoms with Crippen LogP contribution in [0.1, 0.15) is 16.8 Å². The van der Waals surface area contributed by atoms with E-state index < -0.39 is 0 Å². The van der Waals surface area contributed by atoms with Crippen molar-refractivity contribution in [2.24, 2.45) is 0 Å². The van der Waals surface area contributed by atoms with Gasteiger partial charge in [-0.05, 0) is 24.1 Å². The summed E-state index contributed by atoms with van der Waals surface area (Å²) in [6.07, 6.45) is 3.34. The summed E-state index contributed by atoms with van der Waals surface area (Å²) >= 11 is 0. The minimum atomic E-state index is 0.823. The summed E-state index contributed by atoms with van der Waals surface area (Å²) in [6.45, 7) is 1.99. The van der Waals surface area contributed by atoms with E-state index in [0.29, 0.717) is 0 Å². The molecule has 82 valence electrons. The molecule has 0 aliphatic carbocycles. The molecule has 0 radical (unpaired) electrons. The van der Waals surface area contributed by atoms with Crippen molar-refractivity contribution in [3.05, 3.63) is 71.6 Å². The summed E-state index contributed by atoms with van der Waals surface area (Å²) in [5.41, 5.74) is 3.79. The highest BCUT2D eigenvalue weighted by Crippen LogP contribution is 2.21. The molecule has 0 saturated heterocycles. The topological polar surface area (TPSA) is 36.7 Å². The van der Waals surface area contributed by atoms with Gasteiger partial charge in [0.05, 0.1) is 11.8 Å². The SMILES string of the molecule is Cc1ccc(/C(=C\C#N)c2ccccc2)nc1. The van der Waals surface area contributed by atoms with Crippen molar-refractivity contribution in [2.75, 3.05) is 0 Å². The Bertz CT molecular complexity index is 560. The van der Waals surface area contributed by atoms with Gasteiger partial charge < -0.3 is 0 Å². The highest BCUT2D eigenvalue weighted by atomic mass is 14.7. The van der Waals surface area contributed by atoms with Crippen LogP contribution in [-0.2, 0) is 0 Å². The second kappa shape index (κ2) is 5.09. The predicted octanol–water partition coefficient (Wildman–Crippen LogP) is 3.35. The molecule has 0 amide bonds. The molecule has 2 rings (SSSR count). The number of rotatable bonds is 2. The zero-order valence-electron chi connectivity index (χ0n) is 9.59. The first-order chi connectivity index (χ1) is 8.31. The Morgan fingerprint density at radius 1 is 1.18 bits per heavy atom. The Hall–Kier alpha value is -2.40. The highest BCUT2D eigenvalue weighted by Gasteiger charge is 2.05. The first-order valence-electron chi connectivity index (χ1n) is 5.39. The lowest BCUT2D eigenvalue weighted by atomic mass is 10.0. The largest absolute Gasteiger partial charge is 0.256 e. The zero-order chi connectivity index (χ0) is 12.1. The average molecular weight is 220 g/mol. The maximum absolute atomic E-state index is 8.86. The van der Waals surface area contributed by atoms with Crippen LogP contribution in [-0.4, -0.2) is 4.98 Å². The smallest absolute Gasteiger partial charge is 0.0919 e. The molecule has 0 fully saturated rings. The summed E-state index contributed by atoms with van der Waals surface area (Å²) in [5, 5.41) is 8.86. The maximum atomic E-state index is 8.86. The molecule has 0 N–H and O–H groups in total. The molecule has 1 heterocycles. The van der Waals surface area contributed by atoms with Gasteiger partial charge in [-0.25, -0.2) is 0 Å². The van der Waals surface area contributed by atoms with E-state index in [1.807, 2.05) is 55.6 Å². The summed E-state index contributed by atoms with van der Waals surface area (Å²) < 4.78 is 0. The van der Waals surface area contributed by atoms with Crippen molar-refractivity contribution >= 4 is 5.57 Å². The maximum Gasteiger partial charge on any atom is 0.0919 e. The number of nitriles is 1. The van der Waals surface area contributed by atoms with Gasteiger partial charge in [0, 0.05) is 17.8 Å². The molecular formula is C15H12N2. The lowest BCUT2D eigenvalue weighted by Gasteiger charge is -2.05. The molecule has 0 aliphatic rings. The Kier molecular flexibility index (Phi) is 3.32. The van der Waals surface area contributed by atoms with Crippen LogP contribution in [0, 0.1) is 18.3 Å². The summed E-state index contributed by atoms with van der Waals surface area (Å²) in [6, 6.07) is 15.8. The minimum Gasteiger partial charge on any atom is -0.256 e. The van der Waals surface area contributed by atoms with Gasteiger partial charge in [0.1, 0.15) is 0 Å². The van der Waals surface area contributed by atoms with Crippen molar-refractivity contribution in [1.82, 2.24) is 4.98 Å². The number of aromatic nitrogens is 1. The van der Waals surface area contributed by atoms with Gasteiger partial charge in [0.15, 0.2) is 0 Å². The van der Waals surface area contributed by atoms with Crippen molar-refractivity contribution in [1.29, 1.82) is 5.26 Å². The van der Waals surface area contributed by atoms with Crippen molar-refractivity contribution < 1.29 is 0 Å². The molecule has 0 aliphatic heterocycles. The molecule has 0 atom stereocenters. The lowest BCUT2D eigenvalue weighted by Crippen LogP contribution is -1.91. The van der Waals surface area contributed by atoms with E-state index in [1.54, 1.807) is 0 Å². The van der Waals surface area contributed by atoms with Crippen molar-refractivity contribution in [2.45, 2.75) is 6.92 Å². The number of allylic oxidation sites excluding steroid dienone is 1. The monoisotopic (exact) mass is 220 g/mol. The van der Waals surface area contributed by atoms with Gasteiger partial charge in [-0.2, -0.15) is 5.26 Å². The van der Waals surface area contributed by atoms with E-state index in [-0.39, 0.29) is 0 Å². The molecule has 1 aromatic heterocycles. The van der Waals surface area contributed by atoms with Crippen molar-refractivity contribution in [3.63, 3.8) is 0 Å². The molecule has 0 bridgehead atoms. The summed E-state index contributed by atoms with van der Waals surface area (Å²) in [5.74, 6) is 0. The number of nitrogens with zero attached hydrogens (tertiary/aromatic N) is 2. The Balaban J connectivity index is 2.48. The van der Waals surface area contributed by atoms with Crippen LogP contribution < -0.4 is 0 Å². The second-order valence-corrected chi connectivity index (χ2v) is 3.77. The molecule has 2 aromatic rings. The summed E-state index contributed by atoms with van der Waals surface area (Å²) in [4.78, 5) is 4.35. The quantitative estimate of drug-likeness (QED) is 0.728. The van der Waals surface area contributed by atoms with Crippen LogP contribution >= 0.6 is 0 Å². The number of hydrogen-bond donors (Lipinski definition) is 0. The molecule has 17 heavy (non-hydrogen) atoms. The van der Waals surface area contributed by atoms with E-state index in [9.17, 15) is 0 Å². The van der Waals surface area contributed by atoms with E-state index in [4.69, 9.17) is 5.26 Å². The van der Waals surface area contributed by atoms with Crippen LogP contribution in [0.15, 0.2) is 54.7 Å². The minimum absolute atomic E-state index is 0.823. The van der Waals surface area contributed by atoms with Gasteiger partial charge in [-0.3, -0.25) is 4.98 Å². The molecule has 1 aromatic carbocycles. The van der Waals surface area contributed by atoms with Crippen LogP contribution in [0.25, 0.3) is 5.57 Å². The Morgan fingerprint density at radius 2 is 1.94 bits per heavy atom. The highest BCUT2D eigenvalue weighted by molar-refractivity contribution is 5.79. The lowest BCUT2D eigenvalue weighted by molar-refractivity contribution is 1.23. The normalized spacial score (nSPS) is 10.9. The van der Waals surface area contributed by atoms with Crippen LogP contribution in [0.5, 0.6) is 0 Å². The number of pyridine rings is 1. The fourth-order valence-electron chi connectivity index (χ4n) is 1.61. The van der Waals surface area contributed by atoms with Gasteiger partial charge in [0.2, 0.25) is 0 Å². The van der Waals surface area contributed by atoms with E-state index in [1.165, 1.54) is 6.08 Å². The second-order valence-electron chi connectivity index (χ2n) is 3.77. The molecule has 0 saturated carbocycles. The first-order valence-corrected chi connectivity index (χ1v) is 5.39. The van der Waals surface area contributed by atoms with Gasteiger partial charge in [-0.1, -0.05) is 36.4 Å². The Morgan fingerprint density at radius 3 is 2.53 bits per heavy atom. The van der Waals surface area contributed by atoms with Crippen molar-refractivity contribution in [3.8, 4) is 6.07 Å². The number of aryl methyl sites for hydroxylation is 1. The van der Waals surface area contributed by atoms with Crippen LogP contribution in [0.4, 0.5) is 0 Å². The molecule has 2 heteroatoms. The third-order valence-electron chi connectivity index (χ3n) is 2.48. The molecular weight excluding hydrogens is 208 g/mol. The number of hydrogen-bond acceptors (Lipinski definition) is 2. The molecule has 2 nitrogen and oxygen atoms in total. The molecule has 0 spiro atoms. The van der Waals surface area contributed by atoms with E-state index in [2.05, 4.69) is 11.1 Å². The average Bonchev–Trinajstić information content (AvgIpc) is 2.38. The number of benzene rings is 1. The molecule has 0 unspecified atom stereocenters. The predicted molar refractivity (Wildman–Crippen MR) is 68.1 cm³/mol. The van der Waals surface area contributed by atoms with E-state index >= 15 is 0 Å². The zero-order valence-corrected chi connectivity index (χ0v) is 9.59. The van der Waals surface area contributed by atoms with Gasteiger partial charge >= 0.3 is 0 Å². The third kappa shape index (κ3) is 2.59. The van der Waals surface area contributed by atoms with Crippen LogP contribution in [0.2, 0.25) is 0 Å². The fourth-order valence-corrected chi connectivity index (χ4v) is 1.61. The van der Waals surface area contributed by atoms with E-state index in [0.717, 1.165) is 22.4 Å². The fraction of sp³-hybridized carbons (Fsp3) is 0.0667. The van der Waals surface area contributed by atoms with Gasteiger partial charge in [-0.15, -0.1) is 0 Å². The Labute approximate surface area is 101 Å². The van der Waals surface area contributed by atoms with Gasteiger partial charge in [0.25, 0.3) is 0 Å².